The van der Waals surface area contributed by atoms with E-state index in [0.717, 1.165) is 37.8 Å². The van der Waals surface area contributed by atoms with Crippen molar-refractivity contribution in [2.75, 3.05) is 0 Å². The summed E-state index contributed by atoms with van der Waals surface area (Å²) in [7, 11) is -11.5. The van der Waals surface area contributed by atoms with E-state index in [1.165, 1.54) is 0 Å². The summed E-state index contributed by atoms with van der Waals surface area (Å²) < 4.78 is 111. The zero-order chi connectivity index (χ0) is 46.5. The minimum atomic E-state index is -4.40. The zero-order valence-electron chi connectivity index (χ0n) is 40.9. The van der Waals surface area contributed by atoms with Crippen LogP contribution in [0.1, 0.15) is 146 Å². The Morgan fingerprint density at radius 1 is 0.661 bits per heavy atom. The smallest absolute Gasteiger partial charge is 0.388 e. The minimum Gasteiger partial charge on any atom is -0.414 e. The fourth-order valence-electron chi connectivity index (χ4n) is 9.64. The number of nitrogens with two attached hydrogens (primary N) is 1. The summed E-state index contributed by atoms with van der Waals surface area (Å²) in [6, 6.07) is 2.17. The SMILES string of the molecule is CCCCC(C)(O[Si](C)(C)C)[Si](C)(CC(C)(C)c1cc(F)c(F)c(F)c1)OC(C)(CCCC(C)C)C(C)(CCC)[Si](C)(CCC(F)(F)F)OC(C)(CC(C)N)[Si](C)(C)C. The Kier molecular flexibility index (Phi) is 19.7. The van der Waals surface area contributed by atoms with Gasteiger partial charge in [-0.25, -0.2) is 13.2 Å². The first-order valence-corrected chi connectivity index (χ1v) is 34.5. The third-order valence-electron chi connectivity index (χ3n) is 13.8. The molecule has 2 N–H and O–H groups in total. The molecule has 59 heavy (non-hydrogen) atoms. The Morgan fingerprint density at radius 2 is 1.19 bits per heavy atom. The van der Waals surface area contributed by atoms with Crippen LogP contribution in [0, 0.1) is 23.4 Å². The quantitative estimate of drug-likeness (QED) is 0.0571. The van der Waals surface area contributed by atoms with Crippen molar-refractivity contribution >= 4 is 33.0 Å². The molecular weight excluding hydrogens is 829 g/mol. The van der Waals surface area contributed by atoms with Crippen LogP contribution in [0.4, 0.5) is 26.3 Å². The van der Waals surface area contributed by atoms with E-state index in [1.807, 2.05) is 27.3 Å². The molecule has 348 valence electrons. The molecule has 0 spiro atoms. The van der Waals surface area contributed by atoms with Crippen LogP contribution in [0.3, 0.4) is 0 Å². The van der Waals surface area contributed by atoms with Crippen LogP contribution in [0.15, 0.2) is 12.1 Å². The molecule has 0 aliphatic heterocycles. The standard InChI is InChI=1S/C45H87F6NO3Si4/c1-20-22-27-43(10,54-57(15,16)17)59(19,33-40(6,7)36-30-37(46)39(48)38(47)31-36)53-41(8,26-23-24-34(3)4)42(9,25-21-2)58(18,29-28-45(49,50)51)55-44(11,32-35(5)52)56(12,13)14/h30-31,34-35H,20-29,32-33,52H2,1-19H3. The summed E-state index contributed by atoms with van der Waals surface area (Å²) in [6.07, 6.45) is 1.12. The molecule has 14 heteroatoms. The number of hydrogen-bond donors (Lipinski definition) is 1. The lowest BCUT2D eigenvalue weighted by Gasteiger charge is -2.62. The largest absolute Gasteiger partial charge is 0.414 e. The second-order valence-corrected chi connectivity index (χ2v) is 40.7. The number of alkyl halides is 3. The van der Waals surface area contributed by atoms with Gasteiger partial charge in [0.05, 0.1) is 18.9 Å². The van der Waals surface area contributed by atoms with Gasteiger partial charge in [-0.1, -0.05) is 100 Å². The van der Waals surface area contributed by atoms with Crippen molar-refractivity contribution in [1.82, 2.24) is 0 Å². The number of rotatable bonds is 26. The third kappa shape index (κ3) is 14.8. The fraction of sp³-hybridized carbons (Fsp3) is 0.867. The molecule has 0 saturated carbocycles. The van der Waals surface area contributed by atoms with Gasteiger partial charge in [0.15, 0.2) is 34.1 Å². The van der Waals surface area contributed by atoms with E-state index >= 15 is 0 Å². The fourth-order valence-corrected chi connectivity index (χ4v) is 25.2. The highest BCUT2D eigenvalue weighted by molar-refractivity contribution is 6.82. The van der Waals surface area contributed by atoms with E-state index in [0.29, 0.717) is 49.6 Å². The van der Waals surface area contributed by atoms with Crippen LogP contribution in [-0.4, -0.2) is 61.3 Å². The Labute approximate surface area is 361 Å². The van der Waals surface area contributed by atoms with Gasteiger partial charge in [-0.2, -0.15) is 13.2 Å². The number of unbranched alkanes of at least 4 members (excludes halogenated alkanes) is 1. The van der Waals surface area contributed by atoms with Gasteiger partial charge >= 0.3 is 6.18 Å². The Hall–Kier alpha value is -0.492. The van der Waals surface area contributed by atoms with Gasteiger partial charge in [0.2, 0.25) is 8.32 Å². The molecule has 1 aromatic carbocycles. The maximum Gasteiger partial charge on any atom is 0.388 e. The van der Waals surface area contributed by atoms with Crippen LogP contribution in [0.2, 0.25) is 69.5 Å². The lowest BCUT2D eigenvalue weighted by atomic mass is 9.81. The van der Waals surface area contributed by atoms with Gasteiger partial charge in [-0.05, 0) is 127 Å². The molecule has 4 nitrogen and oxygen atoms in total. The average Bonchev–Trinajstić information content (AvgIpc) is 3.02. The Bertz CT molecular complexity index is 1460. The number of halogens is 6. The molecule has 0 radical (unpaired) electrons. The van der Waals surface area contributed by atoms with Crippen LogP contribution >= 0.6 is 0 Å². The summed E-state index contributed by atoms with van der Waals surface area (Å²) >= 11 is 0. The summed E-state index contributed by atoms with van der Waals surface area (Å²) in [5.74, 6) is -3.63. The van der Waals surface area contributed by atoms with Gasteiger partial charge in [-0.15, -0.1) is 0 Å². The molecule has 0 heterocycles. The molecule has 1 rings (SSSR count). The maximum atomic E-state index is 15.0. The molecular formula is C45H87F6NO3Si4. The average molecular weight is 917 g/mol. The third-order valence-corrected chi connectivity index (χ3v) is 29.0. The van der Waals surface area contributed by atoms with Gasteiger partial charge in [0, 0.05) is 22.7 Å². The highest BCUT2D eigenvalue weighted by Gasteiger charge is 2.65. The first-order chi connectivity index (χ1) is 26.3. The summed E-state index contributed by atoms with van der Waals surface area (Å²) in [5.41, 5.74) is 4.92. The summed E-state index contributed by atoms with van der Waals surface area (Å²) in [5, 5.41) is -2.38. The molecule has 7 unspecified atom stereocenters. The summed E-state index contributed by atoms with van der Waals surface area (Å²) in [6.45, 7) is 40.1. The predicted octanol–water partition coefficient (Wildman–Crippen LogP) is 15.4. The van der Waals surface area contributed by atoms with Crippen molar-refractivity contribution in [1.29, 1.82) is 0 Å². The highest BCUT2D eigenvalue weighted by Crippen LogP contribution is 2.61. The second-order valence-electron chi connectivity index (χ2n) is 22.4. The first kappa shape index (κ1) is 56.5. The van der Waals surface area contributed by atoms with E-state index in [4.69, 9.17) is 19.0 Å². The lowest BCUT2D eigenvalue weighted by molar-refractivity contribution is -0.132. The van der Waals surface area contributed by atoms with Gasteiger partial charge in [0.1, 0.15) is 0 Å². The number of hydrogen-bond acceptors (Lipinski definition) is 4. The monoisotopic (exact) mass is 916 g/mol. The zero-order valence-corrected chi connectivity index (χ0v) is 44.9. The van der Waals surface area contributed by atoms with Crippen molar-refractivity contribution in [2.45, 2.75) is 244 Å². The second kappa shape index (κ2) is 20.6. The van der Waals surface area contributed by atoms with Gasteiger partial charge in [-0.3, -0.25) is 0 Å². The van der Waals surface area contributed by atoms with Crippen molar-refractivity contribution < 1.29 is 39.6 Å². The summed E-state index contributed by atoms with van der Waals surface area (Å²) in [4.78, 5) is 0. The lowest BCUT2D eigenvalue weighted by Crippen LogP contribution is -2.70. The minimum absolute atomic E-state index is 0.133. The van der Waals surface area contributed by atoms with Crippen molar-refractivity contribution in [3.63, 3.8) is 0 Å². The van der Waals surface area contributed by atoms with Gasteiger partial charge < -0.3 is 19.0 Å². The van der Waals surface area contributed by atoms with Crippen LogP contribution in [0.5, 0.6) is 0 Å². The van der Waals surface area contributed by atoms with Gasteiger partial charge in [0.25, 0.3) is 0 Å². The predicted molar refractivity (Wildman–Crippen MR) is 248 cm³/mol. The molecule has 0 aliphatic rings. The van der Waals surface area contributed by atoms with E-state index in [1.54, 1.807) is 0 Å². The molecule has 0 bridgehead atoms. The van der Waals surface area contributed by atoms with Crippen molar-refractivity contribution in [3.05, 3.63) is 35.1 Å². The number of benzene rings is 1. The van der Waals surface area contributed by atoms with Crippen molar-refractivity contribution in [2.24, 2.45) is 11.7 Å². The molecule has 0 saturated heterocycles. The highest BCUT2D eigenvalue weighted by atomic mass is 28.4. The Morgan fingerprint density at radius 3 is 1.59 bits per heavy atom. The van der Waals surface area contributed by atoms with Crippen LogP contribution < -0.4 is 5.73 Å². The van der Waals surface area contributed by atoms with E-state index in [2.05, 4.69) is 101 Å². The topological polar surface area (TPSA) is 53.7 Å². The van der Waals surface area contributed by atoms with E-state index in [9.17, 15) is 26.3 Å². The maximum absolute atomic E-state index is 15.0. The molecule has 0 aromatic heterocycles. The van der Waals surface area contributed by atoms with Crippen LogP contribution in [0.25, 0.3) is 0 Å². The molecule has 1 aromatic rings. The molecule has 0 aliphatic carbocycles. The first-order valence-electron chi connectivity index (χ1n) is 22.4. The molecule has 0 amide bonds. The van der Waals surface area contributed by atoms with Crippen LogP contribution in [-0.2, 0) is 18.7 Å². The van der Waals surface area contributed by atoms with E-state index < -0.39 is 89.6 Å². The van der Waals surface area contributed by atoms with Crippen molar-refractivity contribution in [3.8, 4) is 0 Å². The van der Waals surface area contributed by atoms with E-state index in [-0.39, 0.29) is 12.1 Å². The Balaban J connectivity index is 4.58. The normalized spacial score (nSPS) is 20.3. The molecule has 7 atom stereocenters. The molecule has 0 fully saturated rings.